The summed E-state index contributed by atoms with van der Waals surface area (Å²) in [5.41, 5.74) is 5.06. The van der Waals surface area contributed by atoms with Crippen molar-refractivity contribution in [1.82, 2.24) is 15.2 Å². The lowest BCUT2D eigenvalue weighted by Gasteiger charge is -2.27. The maximum absolute atomic E-state index is 12.5. The van der Waals surface area contributed by atoms with E-state index in [-0.39, 0.29) is 30.1 Å². The standard InChI is InChI=1S/C27H31N3O5S/c1-19-14-24(23-4-2-3-5-25(23)28-19)20-6-7-26(21(15-20)16-30-9-11-34-12-10-30)35-17-27(31)29-22-8-13-36(32,33)18-22/h2-7,14-15,22H,8-13,16-18H2,1H3,(H,29,31). The van der Waals surface area contributed by atoms with Gasteiger partial charge in [0.2, 0.25) is 0 Å². The van der Waals surface area contributed by atoms with Gasteiger partial charge in [-0.25, -0.2) is 8.42 Å². The topological polar surface area (TPSA) is 97.8 Å². The highest BCUT2D eigenvalue weighted by molar-refractivity contribution is 7.91. The molecule has 8 nitrogen and oxygen atoms in total. The zero-order chi connectivity index (χ0) is 25.1. The number of pyridine rings is 1. The van der Waals surface area contributed by atoms with Crippen LogP contribution >= 0.6 is 0 Å². The molecule has 0 aliphatic carbocycles. The van der Waals surface area contributed by atoms with Crippen LogP contribution in [0.25, 0.3) is 22.0 Å². The number of carbonyl (C=O) groups excluding carboxylic acids is 1. The van der Waals surface area contributed by atoms with Crippen LogP contribution in [0, 0.1) is 6.92 Å². The second kappa shape index (κ2) is 10.5. The highest BCUT2D eigenvalue weighted by Crippen LogP contribution is 2.32. The van der Waals surface area contributed by atoms with Crippen LogP contribution < -0.4 is 10.1 Å². The first kappa shape index (κ1) is 24.7. The van der Waals surface area contributed by atoms with Crippen molar-refractivity contribution in [2.24, 2.45) is 0 Å². The largest absolute Gasteiger partial charge is 0.483 e. The number of morpholine rings is 1. The summed E-state index contributed by atoms with van der Waals surface area (Å²) in [7, 11) is -3.06. The molecule has 3 aromatic rings. The molecular formula is C27H31N3O5S. The van der Waals surface area contributed by atoms with Crippen molar-refractivity contribution >= 4 is 26.6 Å². The summed E-state index contributed by atoms with van der Waals surface area (Å²) in [5.74, 6) is 0.450. The number of carbonyl (C=O) groups is 1. The number of sulfone groups is 1. The number of rotatable bonds is 7. The molecule has 2 aliphatic rings. The Morgan fingerprint density at radius 3 is 2.75 bits per heavy atom. The highest BCUT2D eigenvalue weighted by Gasteiger charge is 2.29. The smallest absolute Gasteiger partial charge is 0.258 e. The summed E-state index contributed by atoms with van der Waals surface area (Å²) >= 11 is 0. The summed E-state index contributed by atoms with van der Waals surface area (Å²) in [4.78, 5) is 19.5. The molecule has 1 amide bonds. The van der Waals surface area contributed by atoms with Crippen LogP contribution in [0.15, 0.2) is 48.5 Å². The molecule has 2 saturated heterocycles. The highest BCUT2D eigenvalue weighted by atomic mass is 32.2. The fourth-order valence-electron chi connectivity index (χ4n) is 4.88. The van der Waals surface area contributed by atoms with Gasteiger partial charge in [0.05, 0.1) is 30.2 Å². The molecule has 1 unspecified atom stereocenters. The number of benzene rings is 2. The normalized spacial score (nSPS) is 19.9. The van der Waals surface area contributed by atoms with Crippen molar-refractivity contribution < 1.29 is 22.7 Å². The lowest BCUT2D eigenvalue weighted by atomic mass is 9.98. The molecule has 9 heteroatoms. The van der Waals surface area contributed by atoms with Gasteiger partial charge in [0.15, 0.2) is 16.4 Å². The number of hydrogen-bond donors (Lipinski definition) is 1. The summed E-state index contributed by atoms with van der Waals surface area (Å²) in [6, 6.07) is 15.9. The van der Waals surface area contributed by atoms with Crippen LogP contribution in [0.2, 0.25) is 0 Å². The summed E-state index contributed by atoms with van der Waals surface area (Å²) < 4.78 is 34.9. The molecule has 2 aliphatic heterocycles. The van der Waals surface area contributed by atoms with Crippen LogP contribution in [0.5, 0.6) is 5.75 Å². The second-order valence-corrected chi connectivity index (χ2v) is 11.7. The third-order valence-corrected chi connectivity index (χ3v) is 8.44. The molecule has 190 valence electrons. The lowest BCUT2D eigenvalue weighted by Crippen LogP contribution is -2.38. The predicted molar refractivity (Wildman–Crippen MR) is 139 cm³/mol. The van der Waals surface area contributed by atoms with E-state index in [0.717, 1.165) is 46.4 Å². The van der Waals surface area contributed by atoms with Gasteiger partial charge in [-0.05, 0) is 48.7 Å². The summed E-state index contributed by atoms with van der Waals surface area (Å²) in [6.45, 7) is 5.55. The molecular weight excluding hydrogens is 478 g/mol. The average molecular weight is 510 g/mol. The van der Waals surface area contributed by atoms with Crippen molar-refractivity contribution in [3.05, 3.63) is 59.8 Å². The molecule has 1 aromatic heterocycles. The zero-order valence-electron chi connectivity index (χ0n) is 20.4. The van der Waals surface area contributed by atoms with Crippen LogP contribution in [0.1, 0.15) is 17.7 Å². The quantitative estimate of drug-likeness (QED) is 0.523. The van der Waals surface area contributed by atoms with Crippen molar-refractivity contribution in [1.29, 1.82) is 0 Å². The number of aryl methyl sites for hydroxylation is 1. The summed E-state index contributed by atoms with van der Waals surface area (Å²) in [6.07, 6.45) is 0.449. The zero-order valence-corrected chi connectivity index (χ0v) is 21.2. The van der Waals surface area contributed by atoms with Crippen molar-refractivity contribution in [2.75, 3.05) is 44.4 Å². The molecule has 0 bridgehead atoms. The Kier molecular flexibility index (Phi) is 7.22. The number of fused-ring (bicyclic) bond motifs is 1. The third kappa shape index (κ3) is 5.86. The second-order valence-electron chi connectivity index (χ2n) is 9.50. The SMILES string of the molecule is Cc1cc(-c2ccc(OCC(=O)NC3CCS(=O)(=O)C3)c(CN3CCOCC3)c2)c2ccccc2n1. The van der Waals surface area contributed by atoms with Crippen LogP contribution in [-0.2, 0) is 25.9 Å². The van der Waals surface area contributed by atoms with Gasteiger partial charge in [-0.2, -0.15) is 0 Å². The molecule has 3 heterocycles. The minimum Gasteiger partial charge on any atom is -0.483 e. The number of nitrogens with one attached hydrogen (secondary N) is 1. The van der Waals surface area contributed by atoms with E-state index in [2.05, 4.69) is 33.4 Å². The minimum atomic E-state index is -3.06. The molecule has 0 saturated carbocycles. The van der Waals surface area contributed by atoms with E-state index in [1.54, 1.807) is 0 Å². The van der Waals surface area contributed by atoms with Gasteiger partial charge in [-0.3, -0.25) is 14.7 Å². The van der Waals surface area contributed by atoms with Gasteiger partial charge >= 0.3 is 0 Å². The molecule has 5 rings (SSSR count). The Morgan fingerprint density at radius 2 is 1.97 bits per heavy atom. The third-order valence-electron chi connectivity index (χ3n) is 6.67. The Bertz CT molecular complexity index is 1370. The maximum atomic E-state index is 12.5. The average Bonchev–Trinajstić information content (AvgIpc) is 3.21. The first-order chi connectivity index (χ1) is 17.4. The van der Waals surface area contributed by atoms with Crippen molar-refractivity contribution in [3.8, 4) is 16.9 Å². The van der Waals surface area contributed by atoms with E-state index in [9.17, 15) is 13.2 Å². The number of hydrogen-bond acceptors (Lipinski definition) is 7. The monoisotopic (exact) mass is 509 g/mol. The van der Waals surface area contributed by atoms with Crippen molar-refractivity contribution in [2.45, 2.75) is 25.9 Å². The van der Waals surface area contributed by atoms with Gasteiger partial charge in [-0.1, -0.05) is 24.3 Å². The van der Waals surface area contributed by atoms with Gasteiger partial charge in [0, 0.05) is 42.3 Å². The van der Waals surface area contributed by atoms with E-state index in [4.69, 9.17) is 9.47 Å². The predicted octanol–water partition coefficient (Wildman–Crippen LogP) is 2.72. The van der Waals surface area contributed by atoms with Gasteiger partial charge < -0.3 is 14.8 Å². The fraction of sp³-hybridized carbons (Fsp3) is 0.407. The number of amides is 1. The van der Waals surface area contributed by atoms with E-state index < -0.39 is 9.84 Å². The first-order valence-electron chi connectivity index (χ1n) is 12.3. The van der Waals surface area contributed by atoms with E-state index in [1.807, 2.05) is 37.3 Å². The molecule has 2 fully saturated rings. The van der Waals surface area contributed by atoms with Crippen LogP contribution in [0.4, 0.5) is 0 Å². The van der Waals surface area contributed by atoms with Gasteiger partial charge in [0.1, 0.15) is 5.75 Å². The number of ether oxygens (including phenoxy) is 2. The first-order valence-corrected chi connectivity index (χ1v) is 14.1. The molecule has 2 aromatic carbocycles. The lowest BCUT2D eigenvalue weighted by molar-refractivity contribution is -0.123. The Labute approximate surface area is 211 Å². The minimum absolute atomic E-state index is 0.00494. The van der Waals surface area contributed by atoms with Crippen molar-refractivity contribution in [3.63, 3.8) is 0 Å². The molecule has 1 atom stereocenters. The number of para-hydroxylation sites is 1. The van der Waals surface area contributed by atoms with Gasteiger partial charge in [-0.15, -0.1) is 0 Å². The van der Waals surface area contributed by atoms with E-state index >= 15 is 0 Å². The Morgan fingerprint density at radius 1 is 1.17 bits per heavy atom. The molecule has 1 N–H and O–H groups in total. The number of aromatic nitrogens is 1. The van der Waals surface area contributed by atoms with Crippen LogP contribution in [0.3, 0.4) is 0 Å². The van der Waals surface area contributed by atoms with E-state index in [1.165, 1.54) is 0 Å². The van der Waals surface area contributed by atoms with Gasteiger partial charge in [0.25, 0.3) is 5.91 Å². The molecule has 0 radical (unpaired) electrons. The van der Waals surface area contributed by atoms with Crippen LogP contribution in [-0.4, -0.2) is 74.7 Å². The summed E-state index contributed by atoms with van der Waals surface area (Å²) in [5, 5.41) is 3.88. The number of nitrogens with zero attached hydrogens (tertiary/aromatic N) is 2. The Balaban J connectivity index is 1.39. The molecule has 0 spiro atoms. The molecule has 36 heavy (non-hydrogen) atoms. The maximum Gasteiger partial charge on any atom is 0.258 e. The Hall–Kier alpha value is -3.01. The fourth-order valence-corrected chi connectivity index (χ4v) is 6.55. The van der Waals surface area contributed by atoms with E-state index in [0.29, 0.717) is 31.9 Å².